The minimum atomic E-state index is -0.833. The van der Waals surface area contributed by atoms with E-state index in [4.69, 9.17) is 16.3 Å². The van der Waals surface area contributed by atoms with Crippen LogP contribution in [0.1, 0.15) is 12.5 Å². The zero-order valence-corrected chi connectivity index (χ0v) is 12.4. The summed E-state index contributed by atoms with van der Waals surface area (Å²) in [5, 5.41) is 7.85. The smallest absolute Gasteiger partial charge is 0.321 e. The van der Waals surface area contributed by atoms with Crippen LogP contribution in [0.4, 0.5) is 4.79 Å². The van der Waals surface area contributed by atoms with Crippen LogP contribution in [0, 0.1) is 0 Å². The second-order valence-corrected chi connectivity index (χ2v) is 4.53. The quantitative estimate of drug-likeness (QED) is 0.765. The molecule has 1 rings (SSSR count). The highest BCUT2D eigenvalue weighted by molar-refractivity contribution is 6.32. The van der Waals surface area contributed by atoms with Gasteiger partial charge in [-0.1, -0.05) is 17.7 Å². The van der Waals surface area contributed by atoms with Crippen LogP contribution < -0.4 is 20.7 Å². The minimum absolute atomic E-state index is 0.395. The normalized spacial score (nSPS) is 11.6. The van der Waals surface area contributed by atoms with Crippen molar-refractivity contribution in [1.29, 1.82) is 0 Å². The first-order valence-electron chi connectivity index (χ1n) is 6.10. The van der Waals surface area contributed by atoms with Gasteiger partial charge >= 0.3 is 6.03 Å². The lowest BCUT2D eigenvalue weighted by Crippen LogP contribution is -2.43. The van der Waals surface area contributed by atoms with E-state index in [9.17, 15) is 9.59 Å². The van der Waals surface area contributed by atoms with Gasteiger partial charge in [0.2, 0.25) is 0 Å². The summed E-state index contributed by atoms with van der Waals surface area (Å²) < 4.78 is 5.44. The Morgan fingerprint density at radius 2 is 2.05 bits per heavy atom. The second kappa shape index (κ2) is 7.72. The molecule has 1 unspecified atom stereocenters. The standard InChI is InChI=1S/C13H18ClN3O3/c1-8(12(18)17-13(19)16-3)20-11-5-4-9(7-15-2)6-10(11)14/h4-6,8,15H,7H2,1-3H3,(H2,16,17,18,19). The van der Waals surface area contributed by atoms with Crippen molar-refractivity contribution in [2.75, 3.05) is 14.1 Å². The Hall–Kier alpha value is -1.79. The number of hydrogen-bond donors (Lipinski definition) is 3. The Balaban J connectivity index is 2.68. The number of benzene rings is 1. The van der Waals surface area contributed by atoms with Gasteiger partial charge in [-0.15, -0.1) is 0 Å². The number of nitrogens with one attached hydrogen (secondary N) is 3. The van der Waals surface area contributed by atoms with Gasteiger partial charge in [0.05, 0.1) is 5.02 Å². The van der Waals surface area contributed by atoms with Crippen molar-refractivity contribution in [3.8, 4) is 5.75 Å². The molecule has 7 heteroatoms. The lowest BCUT2D eigenvalue weighted by Gasteiger charge is -2.15. The third-order valence-corrected chi connectivity index (χ3v) is 2.81. The maximum atomic E-state index is 11.6. The summed E-state index contributed by atoms with van der Waals surface area (Å²) in [7, 11) is 3.26. The van der Waals surface area contributed by atoms with Gasteiger partial charge in [0.25, 0.3) is 5.91 Å². The van der Waals surface area contributed by atoms with E-state index in [1.165, 1.54) is 14.0 Å². The van der Waals surface area contributed by atoms with Gasteiger partial charge in [-0.2, -0.15) is 0 Å². The van der Waals surface area contributed by atoms with Gasteiger partial charge in [0, 0.05) is 13.6 Å². The molecule has 0 aromatic heterocycles. The molecular formula is C13H18ClN3O3. The molecule has 3 N–H and O–H groups in total. The van der Waals surface area contributed by atoms with Gasteiger partial charge in [0.1, 0.15) is 5.75 Å². The molecule has 0 saturated heterocycles. The Bertz CT molecular complexity index is 494. The molecule has 0 spiro atoms. The van der Waals surface area contributed by atoms with Crippen LogP contribution in [0.25, 0.3) is 0 Å². The summed E-state index contributed by atoms with van der Waals surface area (Å²) in [5.41, 5.74) is 1.01. The first-order chi connectivity index (χ1) is 9.47. The van der Waals surface area contributed by atoms with Gasteiger partial charge in [-0.3, -0.25) is 10.1 Å². The molecule has 0 saturated carbocycles. The van der Waals surface area contributed by atoms with Gasteiger partial charge < -0.3 is 15.4 Å². The number of carbonyl (C=O) groups is 2. The minimum Gasteiger partial charge on any atom is -0.479 e. The molecule has 1 aromatic carbocycles. The largest absolute Gasteiger partial charge is 0.479 e. The summed E-state index contributed by atoms with van der Waals surface area (Å²) in [6, 6.07) is 4.72. The van der Waals surface area contributed by atoms with E-state index >= 15 is 0 Å². The molecule has 0 heterocycles. The molecule has 6 nitrogen and oxygen atoms in total. The summed E-state index contributed by atoms with van der Waals surface area (Å²) in [6.07, 6.45) is -0.833. The van der Waals surface area contributed by atoms with Crippen LogP contribution in [0.3, 0.4) is 0 Å². The highest BCUT2D eigenvalue weighted by Crippen LogP contribution is 2.26. The molecule has 0 aliphatic heterocycles. The Morgan fingerprint density at radius 3 is 2.60 bits per heavy atom. The van der Waals surface area contributed by atoms with Crippen molar-refractivity contribution in [2.45, 2.75) is 19.6 Å². The van der Waals surface area contributed by atoms with Crippen molar-refractivity contribution in [3.63, 3.8) is 0 Å². The lowest BCUT2D eigenvalue weighted by molar-refractivity contribution is -0.126. The molecule has 1 atom stereocenters. The molecular weight excluding hydrogens is 282 g/mol. The van der Waals surface area contributed by atoms with E-state index < -0.39 is 18.0 Å². The summed E-state index contributed by atoms with van der Waals surface area (Å²) in [4.78, 5) is 22.7. The molecule has 1 aromatic rings. The van der Waals surface area contributed by atoms with E-state index in [0.717, 1.165) is 5.56 Å². The van der Waals surface area contributed by atoms with Crippen molar-refractivity contribution in [1.82, 2.24) is 16.0 Å². The van der Waals surface area contributed by atoms with Crippen LogP contribution >= 0.6 is 11.6 Å². The maximum Gasteiger partial charge on any atom is 0.321 e. The maximum absolute atomic E-state index is 11.6. The predicted molar refractivity (Wildman–Crippen MR) is 76.9 cm³/mol. The number of amides is 3. The Kier molecular flexibility index (Phi) is 6.27. The molecule has 0 bridgehead atoms. The van der Waals surface area contributed by atoms with Gasteiger partial charge in [-0.25, -0.2) is 4.79 Å². The Labute approximate surface area is 122 Å². The van der Waals surface area contributed by atoms with Crippen LogP contribution in [-0.2, 0) is 11.3 Å². The Morgan fingerprint density at radius 1 is 1.35 bits per heavy atom. The fourth-order valence-corrected chi connectivity index (χ4v) is 1.72. The number of carbonyl (C=O) groups excluding carboxylic acids is 2. The zero-order valence-electron chi connectivity index (χ0n) is 11.6. The molecule has 20 heavy (non-hydrogen) atoms. The number of urea groups is 1. The van der Waals surface area contributed by atoms with Crippen molar-refractivity contribution < 1.29 is 14.3 Å². The molecule has 110 valence electrons. The summed E-state index contributed by atoms with van der Waals surface area (Å²) >= 11 is 6.08. The average Bonchev–Trinajstić information content (AvgIpc) is 2.41. The van der Waals surface area contributed by atoms with E-state index in [2.05, 4.69) is 16.0 Å². The van der Waals surface area contributed by atoms with E-state index in [1.54, 1.807) is 12.1 Å². The number of ether oxygens (including phenoxy) is 1. The topological polar surface area (TPSA) is 79.5 Å². The van der Waals surface area contributed by atoms with Crippen LogP contribution in [0.5, 0.6) is 5.75 Å². The van der Waals surface area contributed by atoms with Crippen LogP contribution in [-0.4, -0.2) is 32.1 Å². The molecule has 0 fully saturated rings. The van der Waals surface area contributed by atoms with Crippen molar-refractivity contribution >= 4 is 23.5 Å². The number of halogens is 1. The molecule has 0 aliphatic carbocycles. The van der Waals surface area contributed by atoms with Crippen molar-refractivity contribution in [2.24, 2.45) is 0 Å². The van der Waals surface area contributed by atoms with Gasteiger partial charge in [-0.05, 0) is 31.7 Å². The van der Waals surface area contributed by atoms with Crippen LogP contribution in [0.15, 0.2) is 18.2 Å². The fourth-order valence-electron chi connectivity index (χ4n) is 1.47. The van der Waals surface area contributed by atoms with Crippen molar-refractivity contribution in [3.05, 3.63) is 28.8 Å². The third kappa shape index (κ3) is 4.71. The van der Waals surface area contributed by atoms with Gasteiger partial charge in [0.15, 0.2) is 6.10 Å². The van der Waals surface area contributed by atoms with Crippen LogP contribution in [0.2, 0.25) is 5.02 Å². The number of rotatable bonds is 5. The van der Waals surface area contributed by atoms with E-state index in [1.807, 2.05) is 13.1 Å². The summed E-state index contributed by atoms with van der Waals surface area (Å²) in [6.45, 7) is 2.23. The lowest BCUT2D eigenvalue weighted by atomic mass is 10.2. The molecule has 0 aliphatic rings. The second-order valence-electron chi connectivity index (χ2n) is 4.12. The monoisotopic (exact) mass is 299 g/mol. The SMILES string of the molecule is CNCc1ccc(OC(C)C(=O)NC(=O)NC)c(Cl)c1. The third-order valence-electron chi connectivity index (χ3n) is 2.51. The molecule has 0 radical (unpaired) electrons. The predicted octanol–water partition coefficient (Wildman–Crippen LogP) is 1.28. The number of imide groups is 1. The first-order valence-corrected chi connectivity index (χ1v) is 6.48. The fraction of sp³-hybridized carbons (Fsp3) is 0.385. The summed E-state index contributed by atoms with van der Waals surface area (Å²) in [5.74, 6) is -0.147. The average molecular weight is 300 g/mol. The highest BCUT2D eigenvalue weighted by atomic mass is 35.5. The number of hydrogen-bond acceptors (Lipinski definition) is 4. The highest BCUT2D eigenvalue weighted by Gasteiger charge is 2.18. The zero-order chi connectivity index (χ0) is 15.1. The first kappa shape index (κ1) is 16.3. The van der Waals surface area contributed by atoms with E-state index in [0.29, 0.717) is 17.3 Å². The molecule has 3 amide bonds. The van der Waals surface area contributed by atoms with E-state index in [-0.39, 0.29) is 0 Å².